The fraction of sp³-hybridized carbons (Fsp3) is 0.412. The van der Waals surface area contributed by atoms with Crippen LogP contribution in [-0.4, -0.2) is 22.7 Å². The third kappa shape index (κ3) is 2.58. The average molecular weight is 300 g/mol. The third-order valence-electron chi connectivity index (χ3n) is 4.05. The molecule has 5 nitrogen and oxygen atoms in total. The molecule has 1 unspecified atom stereocenters. The van der Waals surface area contributed by atoms with Crippen LogP contribution in [0, 0.1) is 11.3 Å². The van der Waals surface area contributed by atoms with Crippen LogP contribution < -0.4 is 11.1 Å². The number of carbonyl (C=O) groups excluding carboxylic acids is 1. The first-order valence-corrected chi connectivity index (χ1v) is 7.45. The Morgan fingerprint density at radius 2 is 2.05 bits per heavy atom. The van der Waals surface area contributed by atoms with Crippen molar-refractivity contribution in [2.75, 3.05) is 0 Å². The van der Waals surface area contributed by atoms with Gasteiger partial charge < -0.3 is 16.5 Å². The minimum absolute atomic E-state index is 0.0231. The quantitative estimate of drug-likeness (QED) is 0.700. The summed E-state index contributed by atoms with van der Waals surface area (Å²) in [5.41, 5.74) is 10.4. The van der Waals surface area contributed by atoms with Gasteiger partial charge in [-0.25, -0.2) is 0 Å². The van der Waals surface area contributed by atoms with Crippen LogP contribution in [0.5, 0.6) is 0 Å². The molecule has 0 saturated heterocycles. The fourth-order valence-electron chi connectivity index (χ4n) is 2.90. The Morgan fingerprint density at radius 1 is 1.41 bits per heavy atom. The van der Waals surface area contributed by atoms with Crippen molar-refractivity contribution in [3.63, 3.8) is 0 Å². The molecule has 0 aliphatic carbocycles. The molecule has 0 saturated carbocycles. The molecule has 0 fully saturated rings. The highest BCUT2D eigenvalue weighted by atomic mass is 16.2. The van der Waals surface area contributed by atoms with E-state index in [1.165, 1.54) is 0 Å². The van der Waals surface area contributed by atoms with E-state index in [4.69, 9.17) is 11.1 Å². The lowest BCUT2D eigenvalue weighted by atomic mass is 9.90. The molecule has 2 aliphatic heterocycles. The molecule has 0 aromatic heterocycles. The molecule has 1 amide bonds. The number of nitrogens with zero attached hydrogens (tertiary/aromatic N) is 1. The van der Waals surface area contributed by atoms with Gasteiger partial charge in [0, 0.05) is 35.0 Å². The molecule has 0 bridgehead atoms. The predicted octanol–water partition coefficient (Wildman–Crippen LogP) is 2.40. The van der Waals surface area contributed by atoms with Gasteiger partial charge in [-0.3, -0.25) is 9.69 Å². The maximum atomic E-state index is 12.6. The van der Waals surface area contributed by atoms with Gasteiger partial charge in [0.15, 0.2) is 0 Å². The number of amides is 1. The first-order chi connectivity index (χ1) is 10.3. The molecule has 22 heavy (non-hydrogen) atoms. The third-order valence-corrected chi connectivity index (χ3v) is 4.05. The minimum atomic E-state index is -0.219. The minimum Gasteiger partial charge on any atom is -0.402 e. The van der Waals surface area contributed by atoms with Crippen molar-refractivity contribution < 1.29 is 4.79 Å². The summed E-state index contributed by atoms with van der Waals surface area (Å²) in [7, 11) is 0. The lowest BCUT2D eigenvalue weighted by Crippen LogP contribution is -2.51. The first-order valence-electron chi connectivity index (χ1n) is 7.45. The molecule has 2 rings (SSSR count). The predicted molar refractivity (Wildman–Crippen MR) is 88.8 cm³/mol. The number of nitrogens with two attached hydrogens (primary N) is 1. The molecule has 118 valence electrons. The number of allylic oxidation sites excluding steroid dienone is 4. The van der Waals surface area contributed by atoms with Crippen molar-refractivity contribution in [2.45, 2.75) is 40.8 Å². The summed E-state index contributed by atoms with van der Waals surface area (Å²) in [4.78, 5) is 14.3. The molecular weight excluding hydrogens is 276 g/mol. The second kappa shape index (κ2) is 5.83. The number of hydrogen-bond acceptors (Lipinski definition) is 4. The molecule has 4 N–H and O–H groups in total. The van der Waals surface area contributed by atoms with Crippen LogP contribution in [0.1, 0.15) is 34.6 Å². The lowest BCUT2D eigenvalue weighted by Gasteiger charge is -2.38. The molecule has 0 aromatic rings. The van der Waals surface area contributed by atoms with E-state index in [0.717, 1.165) is 22.3 Å². The highest BCUT2D eigenvalue weighted by molar-refractivity contribution is 6.02. The van der Waals surface area contributed by atoms with Crippen LogP contribution in [0.4, 0.5) is 0 Å². The lowest BCUT2D eigenvalue weighted by molar-refractivity contribution is -0.127. The standard InChI is InChI=1S/C17H24N4O/c1-9(2)14-8-20-16-10(3)13(6-7-21(16)17(14)22)15(11(4)18)12(5)19/h6-9,16,18,20H,19H2,1-5H3/b15-12+,18-11?. The maximum absolute atomic E-state index is 12.6. The van der Waals surface area contributed by atoms with Crippen molar-refractivity contribution in [3.05, 3.63) is 46.5 Å². The second-order valence-corrected chi connectivity index (χ2v) is 6.13. The zero-order valence-corrected chi connectivity index (χ0v) is 13.8. The zero-order valence-electron chi connectivity index (χ0n) is 13.8. The zero-order chi connectivity index (χ0) is 16.6. The van der Waals surface area contributed by atoms with E-state index in [1.807, 2.05) is 33.0 Å². The van der Waals surface area contributed by atoms with Gasteiger partial charge in [0.05, 0.1) is 0 Å². The van der Waals surface area contributed by atoms with Gasteiger partial charge in [-0.2, -0.15) is 0 Å². The summed E-state index contributed by atoms with van der Waals surface area (Å²) in [5.74, 6) is 0.195. The van der Waals surface area contributed by atoms with E-state index in [2.05, 4.69) is 5.32 Å². The second-order valence-electron chi connectivity index (χ2n) is 6.13. The maximum Gasteiger partial charge on any atom is 0.257 e. The Hall–Kier alpha value is -2.30. The molecule has 1 atom stereocenters. The van der Waals surface area contributed by atoms with Gasteiger partial charge in [-0.15, -0.1) is 0 Å². The smallest absolute Gasteiger partial charge is 0.257 e. The average Bonchev–Trinajstić information content (AvgIpc) is 2.41. The Balaban J connectivity index is 2.47. The van der Waals surface area contributed by atoms with E-state index in [1.54, 1.807) is 24.9 Å². The molecule has 0 spiro atoms. The summed E-state index contributed by atoms with van der Waals surface area (Å²) in [6.07, 6.45) is 5.25. The molecule has 5 heteroatoms. The van der Waals surface area contributed by atoms with Crippen molar-refractivity contribution in [3.8, 4) is 0 Å². The normalized spacial score (nSPS) is 22.3. The molecular formula is C17H24N4O. The van der Waals surface area contributed by atoms with Gasteiger partial charge in [0.2, 0.25) is 0 Å². The molecule has 0 radical (unpaired) electrons. The fourth-order valence-corrected chi connectivity index (χ4v) is 2.90. The first kappa shape index (κ1) is 16.1. The van der Waals surface area contributed by atoms with Gasteiger partial charge in [0.1, 0.15) is 6.17 Å². The Morgan fingerprint density at radius 3 is 2.55 bits per heavy atom. The Labute approximate surface area is 131 Å². The van der Waals surface area contributed by atoms with Crippen molar-refractivity contribution >= 4 is 11.6 Å². The van der Waals surface area contributed by atoms with Crippen molar-refractivity contribution in [1.82, 2.24) is 10.2 Å². The number of nitrogens with one attached hydrogen (secondary N) is 2. The van der Waals surface area contributed by atoms with Crippen LogP contribution in [0.3, 0.4) is 0 Å². The van der Waals surface area contributed by atoms with E-state index < -0.39 is 0 Å². The van der Waals surface area contributed by atoms with Crippen LogP contribution in [0.15, 0.2) is 46.5 Å². The summed E-state index contributed by atoms with van der Waals surface area (Å²) in [6.45, 7) is 9.50. The van der Waals surface area contributed by atoms with E-state index >= 15 is 0 Å². The van der Waals surface area contributed by atoms with Crippen LogP contribution in [0.2, 0.25) is 0 Å². The summed E-state index contributed by atoms with van der Waals surface area (Å²) in [6, 6.07) is 0. The highest BCUT2D eigenvalue weighted by Crippen LogP contribution is 2.30. The monoisotopic (exact) mass is 300 g/mol. The van der Waals surface area contributed by atoms with E-state index in [9.17, 15) is 4.79 Å². The van der Waals surface area contributed by atoms with Gasteiger partial charge in [-0.05, 0) is 43.9 Å². The highest BCUT2D eigenvalue weighted by Gasteiger charge is 2.34. The van der Waals surface area contributed by atoms with Gasteiger partial charge in [-0.1, -0.05) is 13.8 Å². The van der Waals surface area contributed by atoms with E-state index in [0.29, 0.717) is 11.4 Å². The van der Waals surface area contributed by atoms with Gasteiger partial charge >= 0.3 is 0 Å². The number of rotatable bonds is 3. The number of hydrogen-bond donors (Lipinski definition) is 3. The van der Waals surface area contributed by atoms with Crippen molar-refractivity contribution in [1.29, 1.82) is 5.41 Å². The van der Waals surface area contributed by atoms with Crippen LogP contribution in [-0.2, 0) is 4.79 Å². The molecule has 2 aliphatic rings. The Kier molecular flexibility index (Phi) is 4.26. The Bertz CT molecular complexity index is 646. The van der Waals surface area contributed by atoms with Crippen LogP contribution in [0.25, 0.3) is 0 Å². The number of fused-ring (bicyclic) bond motifs is 1. The molecule has 2 heterocycles. The molecule has 0 aromatic carbocycles. The van der Waals surface area contributed by atoms with Crippen LogP contribution >= 0.6 is 0 Å². The van der Waals surface area contributed by atoms with E-state index in [-0.39, 0.29) is 18.0 Å². The summed E-state index contributed by atoms with van der Waals surface area (Å²) in [5, 5.41) is 11.2. The summed E-state index contributed by atoms with van der Waals surface area (Å²) < 4.78 is 0. The summed E-state index contributed by atoms with van der Waals surface area (Å²) >= 11 is 0. The number of carbonyl (C=O) groups is 1. The topological polar surface area (TPSA) is 82.2 Å². The van der Waals surface area contributed by atoms with Gasteiger partial charge in [0.25, 0.3) is 5.91 Å². The largest absolute Gasteiger partial charge is 0.402 e. The van der Waals surface area contributed by atoms with Crippen molar-refractivity contribution in [2.24, 2.45) is 11.7 Å². The SMILES string of the molecule is CC(=N)/C(C1=C(C)C2NC=C(C(C)C)C(=O)N2C=C1)=C(/C)N.